The van der Waals surface area contributed by atoms with Crippen LogP contribution in [0, 0.1) is 29.5 Å². The van der Waals surface area contributed by atoms with Gasteiger partial charge in [0, 0.05) is 45.2 Å². The normalized spacial score (nSPS) is 23.2. The molecule has 0 aromatic heterocycles. The summed E-state index contributed by atoms with van der Waals surface area (Å²) in [5.74, 6) is -3.83. The molecule has 0 radical (unpaired) electrons. The van der Waals surface area contributed by atoms with E-state index in [0.717, 1.165) is 17.0 Å². The zero-order valence-corrected chi connectivity index (χ0v) is 11.4. The Morgan fingerprint density at radius 3 is 2.06 bits per heavy atom. The van der Waals surface area contributed by atoms with Gasteiger partial charge in [-0.2, -0.15) is 0 Å². The zero-order valence-electron chi connectivity index (χ0n) is 9.83. The number of rotatable bonds is 1. The van der Waals surface area contributed by atoms with Crippen molar-refractivity contribution in [2.45, 2.75) is 13.8 Å². The van der Waals surface area contributed by atoms with Crippen LogP contribution in [0.1, 0.15) is 13.8 Å². The zero-order chi connectivity index (χ0) is 12.7. The van der Waals surface area contributed by atoms with Crippen molar-refractivity contribution in [1.29, 1.82) is 0 Å². The second kappa shape index (κ2) is 5.28. The van der Waals surface area contributed by atoms with E-state index in [-0.39, 0.29) is 27.4 Å². The Balaban J connectivity index is 0.00000162. The van der Waals surface area contributed by atoms with Crippen molar-refractivity contribution in [3.8, 4) is 0 Å². The number of anilines is 1. The molecule has 0 aliphatic carbocycles. The molecule has 2 amide bonds. The Labute approximate surface area is 118 Å². The van der Waals surface area contributed by atoms with Crippen molar-refractivity contribution in [2.24, 2.45) is 11.8 Å². The second-order valence-electron chi connectivity index (χ2n) is 4.09. The van der Waals surface area contributed by atoms with Gasteiger partial charge in [0.25, 0.3) is 0 Å². The third-order valence-corrected chi connectivity index (χ3v) is 3.05. The molecule has 1 heterocycles. The van der Waals surface area contributed by atoms with Crippen molar-refractivity contribution >= 4 is 17.5 Å². The summed E-state index contributed by atoms with van der Waals surface area (Å²) < 4.78 is 26.2. The largest absolute Gasteiger partial charge is 0.303 e. The predicted octanol–water partition coefficient (Wildman–Crippen LogP) is 1.91. The third kappa shape index (κ3) is 2.25. The van der Waals surface area contributed by atoms with Gasteiger partial charge >= 0.3 is 0 Å². The quantitative estimate of drug-likeness (QED) is 0.449. The molecule has 0 N–H and O–H groups in total. The second-order valence-corrected chi connectivity index (χ2v) is 4.09. The fraction of sp³-hybridized carbons (Fsp3) is 0.333. The first-order valence-corrected chi connectivity index (χ1v) is 5.18. The Morgan fingerprint density at radius 2 is 1.61 bits per heavy atom. The number of hydrogen-bond acceptors (Lipinski definition) is 2. The molecule has 0 saturated carbocycles. The number of amides is 2. The maximum absolute atomic E-state index is 13.5. The van der Waals surface area contributed by atoms with Crippen molar-refractivity contribution in [1.82, 2.24) is 0 Å². The number of carbonyl (C=O) groups excluding carboxylic acids is 2. The summed E-state index contributed by atoms with van der Waals surface area (Å²) in [5, 5.41) is 0. The molecule has 2 unspecified atom stereocenters. The first kappa shape index (κ1) is 15.0. The van der Waals surface area contributed by atoms with Gasteiger partial charge in [-0.3, -0.25) is 9.59 Å². The van der Waals surface area contributed by atoms with E-state index >= 15 is 0 Å². The minimum atomic E-state index is -1.03. The Kier molecular flexibility index (Phi) is 4.40. The molecule has 1 aliphatic rings. The van der Waals surface area contributed by atoms with Crippen LogP contribution in [0.2, 0.25) is 0 Å². The van der Waals surface area contributed by atoms with Crippen LogP contribution in [0.15, 0.2) is 12.1 Å². The number of benzene rings is 1. The fourth-order valence-electron chi connectivity index (χ4n) is 1.79. The van der Waals surface area contributed by atoms with E-state index in [0.29, 0.717) is 0 Å². The topological polar surface area (TPSA) is 37.4 Å². The maximum Gasteiger partial charge on any atom is 0.226 e. The van der Waals surface area contributed by atoms with Gasteiger partial charge in [-0.05, 0) is 5.69 Å². The van der Waals surface area contributed by atoms with Crippen molar-refractivity contribution in [3.63, 3.8) is 0 Å². The van der Waals surface area contributed by atoms with Gasteiger partial charge in [0.05, 0.1) is 0 Å². The molecule has 0 bridgehead atoms. The van der Waals surface area contributed by atoms with Crippen LogP contribution in [-0.2, 0) is 31.3 Å². The molecule has 2 atom stereocenters. The van der Waals surface area contributed by atoms with E-state index in [2.05, 4.69) is 0 Å². The monoisotopic (exact) mass is 286 g/mol. The molecule has 1 saturated heterocycles. The number of carbonyl (C=O) groups is 2. The van der Waals surface area contributed by atoms with Gasteiger partial charge in [-0.25, -0.2) is 8.78 Å². The maximum atomic E-state index is 13.5. The molecule has 2 rings (SSSR count). The molecule has 1 aromatic carbocycles. The van der Waals surface area contributed by atoms with Crippen LogP contribution in [0.25, 0.3) is 0 Å². The smallest absolute Gasteiger partial charge is 0.226 e. The minimum Gasteiger partial charge on any atom is -0.303 e. The molecule has 1 aromatic rings. The summed E-state index contributed by atoms with van der Waals surface area (Å²) in [6.45, 7) is 3.21. The number of halogens is 2. The summed E-state index contributed by atoms with van der Waals surface area (Å²) in [6, 6.07) is 3.84. The van der Waals surface area contributed by atoms with Crippen LogP contribution in [0.5, 0.6) is 0 Å². The van der Waals surface area contributed by atoms with Gasteiger partial charge in [0.2, 0.25) is 11.8 Å². The van der Waals surface area contributed by atoms with E-state index in [1.54, 1.807) is 19.9 Å². The first-order chi connectivity index (χ1) is 7.93. The van der Waals surface area contributed by atoms with E-state index in [4.69, 9.17) is 0 Å². The molecular formula is C12H10F2NO2Ti-. The molecule has 6 heteroatoms. The van der Waals surface area contributed by atoms with Gasteiger partial charge in [-0.15, -0.1) is 18.2 Å². The number of nitrogens with zero attached hydrogens (tertiary/aromatic N) is 1. The third-order valence-electron chi connectivity index (χ3n) is 3.05. The molecule has 18 heavy (non-hydrogen) atoms. The average Bonchev–Trinajstić information content (AvgIpc) is 2.45. The van der Waals surface area contributed by atoms with E-state index < -0.39 is 35.3 Å². The van der Waals surface area contributed by atoms with Crippen LogP contribution in [-0.4, -0.2) is 11.8 Å². The minimum absolute atomic E-state index is 0. The van der Waals surface area contributed by atoms with Crippen molar-refractivity contribution < 1.29 is 40.1 Å². The fourth-order valence-corrected chi connectivity index (χ4v) is 1.79. The number of hydrogen-bond donors (Lipinski definition) is 0. The van der Waals surface area contributed by atoms with Crippen LogP contribution in [0.4, 0.5) is 14.5 Å². The molecule has 0 spiro atoms. The molecule has 3 nitrogen and oxygen atoms in total. The van der Waals surface area contributed by atoms with E-state index in [1.807, 2.05) is 0 Å². The summed E-state index contributed by atoms with van der Waals surface area (Å²) in [4.78, 5) is 24.4. The van der Waals surface area contributed by atoms with Crippen LogP contribution >= 0.6 is 0 Å². The molecule has 1 aliphatic heterocycles. The van der Waals surface area contributed by atoms with Crippen molar-refractivity contribution in [3.05, 3.63) is 29.8 Å². The summed E-state index contributed by atoms with van der Waals surface area (Å²) in [5.41, 5.74) is -0.238. The summed E-state index contributed by atoms with van der Waals surface area (Å²) in [7, 11) is 0. The molecule has 94 valence electrons. The van der Waals surface area contributed by atoms with Gasteiger partial charge in [0.1, 0.15) is 0 Å². The van der Waals surface area contributed by atoms with Crippen LogP contribution in [0.3, 0.4) is 0 Å². The van der Waals surface area contributed by atoms with E-state index in [9.17, 15) is 18.4 Å². The van der Waals surface area contributed by atoms with Gasteiger partial charge < -0.3 is 4.90 Å². The van der Waals surface area contributed by atoms with Gasteiger partial charge in [-0.1, -0.05) is 13.8 Å². The molecular weight excluding hydrogens is 276 g/mol. The van der Waals surface area contributed by atoms with Crippen LogP contribution < -0.4 is 4.90 Å². The summed E-state index contributed by atoms with van der Waals surface area (Å²) >= 11 is 0. The van der Waals surface area contributed by atoms with E-state index in [1.165, 1.54) is 0 Å². The SMILES string of the molecule is CC1C(=O)N(c2ccc(F)[c-]c2F)C(=O)C1C.[Ti]. The predicted molar refractivity (Wildman–Crippen MR) is 56.0 cm³/mol. The standard InChI is InChI=1S/C12H10F2NO2.Ti/c1-6-7(2)12(17)15(11(6)16)10-4-3-8(13)5-9(10)14;/h3-4,6-7H,1-2H3;/q-1;. The molecule has 1 fully saturated rings. The Morgan fingerprint density at radius 1 is 1.11 bits per heavy atom. The Hall–Kier alpha value is -1.07. The van der Waals surface area contributed by atoms with Gasteiger partial charge in [0.15, 0.2) is 0 Å². The summed E-state index contributed by atoms with van der Waals surface area (Å²) in [6.07, 6.45) is 0. The van der Waals surface area contributed by atoms with Crippen molar-refractivity contribution in [2.75, 3.05) is 4.90 Å². The number of imide groups is 1. The Bertz CT molecular complexity index is 487. The average molecular weight is 286 g/mol. The first-order valence-electron chi connectivity index (χ1n) is 5.18.